The molecule has 0 saturated carbocycles. The van der Waals surface area contributed by atoms with E-state index in [0.717, 1.165) is 38.4 Å². The predicted molar refractivity (Wildman–Crippen MR) is 164 cm³/mol. The summed E-state index contributed by atoms with van der Waals surface area (Å²) in [4.78, 5) is 34.4. The van der Waals surface area contributed by atoms with E-state index in [1.54, 1.807) is 18.4 Å². The lowest BCUT2D eigenvalue weighted by Crippen LogP contribution is -2.40. The molecule has 1 atom stereocenters. The topological polar surface area (TPSA) is 68.8 Å². The Hall–Kier alpha value is -3.69. The van der Waals surface area contributed by atoms with Gasteiger partial charge in [-0.15, -0.1) is 0 Å². The Morgan fingerprint density at radius 2 is 1.77 bits per heavy atom. The van der Waals surface area contributed by atoms with Gasteiger partial charge >= 0.3 is 5.97 Å². The zero-order chi connectivity index (χ0) is 28.7. The summed E-state index contributed by atoms with van der Waals surface area (Å²) in [5.41, 5.74) is 6.71. The van der Waals surface area contributed by atoms with Crippen LogP contribution in [0.15, 0.2) is 80.1 Å². The number of hydrogen-bond acceptors (Lipinski definition) is 6. The van der Waals surface area contributed by atoms with E-state index in [-0.39, 0.29) is 12.2 Å². The van der Waals surface area contributed by atoms with Gasteiger partial charge in [0.2, 0.25) is 0 Å². The van der Waals surface area contributed by atoms with Crippen LogP contribution in [0.1, 0.15) is 42.4 Å². The molecule has 5 rings (SSSR count). The van der Waals surface area contributed by atoms with Crippen LogP contribution in [0.4, 0.5) is 5.69 Å². The number of benzene rings is 2. The fraction of sp³-hybridized carbons (Fsp3) is 0.258. The highest BCUT2D eigenvalue weighted by Crippen LogP contribution is 2.31. The molecule has 0 bridgehead atoms. The molecule has 0 spiro atoms. The van der Waals surface area contributed by atoms with Crippen molar-refractivity contribution in [1.82, 2.24) is 9.13 Å². The molecule has 9 heteroatoms. The van der Waals surface area contributed by atoms with E-state index in [9.17, 15) is 9.59 Å². The lowest BCUT2D eigenvalue weighted by molar-refractivity contribution is -0.139. The van der Waals surface area contributed by atoms with Crippen molar-refractivity contribution >= 4 is 45.0 Å². The molecular formula is C31H31BrN4O3S. The second-order valence-corrected chi connectivity index (χ2v) is 11.9. The molecule has 3 heterocycles. The average Bonchev–Trinajstić information content (AvgIpc) is 3.38. The molecule has 0 unspecified atom stereocenters. The van der Waals surface area contributed by atoms with Crippen molar-refractivity contribution in [2.75, 3.05) is 25.6 Å². The first-order valence-electron chi connectivity index (χ1n) is 13.0. The zero-order valence-corrected chi connectivity index (χ0v) is 25.8. The van der Waals surface area contributed by atoms with E-state index in [4.69, 9.17) is 9.73 Å². The van der Waals surface area contributed by atoms with Gasteiger partial charge in [-0.2, -0.15) is 0 Å². The van der Waals surface area contributed by atoms with Crippen LogP contribution in [0.3, 0.4) is 0 Å². The van der Waals surface area contributed by atoms with Crippen molar-refractivity contribution in [2.45, 2.75) is 33.7 Å². The SMILES string of the molecule is CCOC(=O)C1=C(C)N=c2s/c(=C/c3cc(C)n(-c4ccc(Br)cc4)c3C)c(=O)n2[C@H]1c1ccc(N(C)C)cc1. The number of carbonyl (C=O) groups excluding carboxylic acids is 1. The third-order valence-electron chi connectivity index (χ3n) is 7.08. The van der Waals surface area contributed by atoms with E-state index in [1.165, 1.54) is 11.3 Å². The summed E-state index contributed by atoms with van der Waals surface area (Å²) in [6, 6.07) is 17.5. The lowest BCUT2D eigenvalue weighted by atomic mass is 9.95. The number of fused-ring (bicyclic) bond motifs is 1. The number of rotatable bonds is 6. The van der Waals surface area contributed by atoms with Crippen LogP contribution in [-0.2, 0) is 9.53 Å². The second kappa shape index (κ2) is 11.1. The van der Waals surface area contributed by atoms with Crippen LogP contribution in [0.2, 0.25) is 0 Å². The van der Waals surface area contributed by atoms with Crippen molar-refractivity contribution in [1.29, 1.82) is 0 Å². The number of allylic oxidation sites excluding steroid dienone is 1. The number of halogens is 1. The van der Waals surface area contributed by atoms with Crippen molar-refractivity contribution in [3.8, 4) is 5.69 Å². The molecule has 0 radical (unpaired) electrons. The van der Waals surface area contributed by atoms with E-state index in [2.05, 4.69) is 52.5 Å². The summed E-state index contributed by atoms with van der Waals surface area (Å²) in [7, 11) is 3.94. The molecule has 2 aromatic carbocycles. The molecule has 0 N–H and O–H groups in total. The summed E-state index contributed by atoms with van der Waals surface area (Å²) >= 11 is 4.84. The number of thiazole rings is 1. The molecule has 2 aromatic heterocycles. The first-order valence-corrected chi connectivity index (χ1v) is 14.6. The predicted octanol–water partition coefficient (Wildman–Crippen LogP) is 5.03. The molecule has 0 aliphatic carbocycles. The minimum atomic E-state index is -0.635. The second-order valence-electron chi connectivity index (χ2n) is 9.93. The minimum Gasteiger partial charge on any atom is -0.463 e. The minimum absolute atomic E-state index is 0.187. The summed E-state index contributed by atoms with van der Waals surface area (Å²) < 4.78 is 10.8. The van der Waals surface area contributed by atoms with Crippen molar-refractivity contribution in [3.05, 3.63) is 113 Å². The fourth-order valence-corrected chi connectivity index (χ4v) is 6.43. The Kier molecular flexibility index (Phi) is 7.70. The fourth-order valence-electron chi connectivity index (χ4n) is 5.12. The number of aromatic nitrogens is 2. The molecule has 1 aliphatic rings. The first kappa shape index (κ1) is 27.9. The number of aryl methyl sites for hydroxylation is 1. The summed E-state index contributed by atoms with van der Waals surface area (Å²) in [5.74, 6) is -0.460. The average molecular weight is 620 g/mol. The van der Waals surface area contributed by atoms with Crippen LogP contribution >= 0.6 is 27.3 Å². The Bertz CT molecular complexity index is 1810. The van der Waals surface area contributed by atoms with Gasteiger partial charge in [-0.3, -0.25) is 9.36 Å². The largest absolute Gasteiger partial charge is 0.463 e. The van der Waals surface area contributed by atoms with E-state index < -0.39 is 12.0 Å². The molecular weight excluding hydrogens is 588 g/mol. The number of anilines is 1. The van der Waals surface area contributed by atoms with Gasteiger partial charge in [0.1, 0.15) is 0 Å². The van der Waals surface area contributed by atoms with Crippen LogP contribution in [0.5, 0.6) is 0 Å². The van der Waals surface area contributed by atoms with E-state index >= 15 is 0 Å². The quantitative estimate of drug-likeness (QED) is 0.284. The van der Waals surface area contributed by atoms with E-state index in [0.29, 0.717) is 20.6 Å². The maximum absolute atomic E-state index is 14.0. The number of carbonyl (C=O) groups is 1. The van der Waals surface area contributed by atoms with Gasteiger partial charge in [-0.05, 0) is 87.4 Å². The smallest absolute Gasteiger partial charge is 0.338 e. The van der Waals surface area contributed by atoms with Crippen molar-refractivity contribution < 1.29 is 9.53 Å². The number of ether oxygens (including phenoxy) is 1. The maximum atomic E-state index is 14.0. The first-order chi connectivity index (χ1) is 19.1. The third kappa shape index (κ3) is 4.99. The highest BCUT2D eigenvalue weighted by molar-refractivity contribution is 9.10. The molecule has 4 aromatic rings. The van der Waals surface area contributed by atoms with Gasteiger partial charge in [0.05, 0.1) is 28.5 Å². The molecule has 0 fully saturated rings. The van der Waals surface area contributed by atoms with Crippen LogP contribution in [0.25, 0.3) is 11.8 Å². The molecule has 1 aliphatic heterocycles. The highest BCUT2D eigenvalue weighted by atomic mass is 79.9. The Morgan fingerprint density at radius 1 is 1.10 bits per heavy atom. The van der Waals surface area contributed by atoms with E-state index in [1.807, 2.05) is 61.5 Å². The maximum Gasteiger partial charge on any atom is 0.338 e. The zero-order valence-electron chi connectivity index (χ0n) is 23.4. The summed E-state index contributed by atoms with van der Waals surface area (Å²) in [6.45, 7) is 7.92. The Morgan fingerprint density at radius 3 is 2.40 bits per heavy atom. The summed E-state index contributed by atoms with van der Waals surface area (Å²) in [6.07, 6.45) is 1.93. The molecule has 0 saturated heterocycles. The van der Waals surface area contributed by atoms with Crippen molar-refractivity contribution in [3.63, 3.8) is 0 Å². The molecule has 40 heavy (non-hydrogen) atoms. The Balaban J connectivity index is 1.67. The Labute approximate surface area is 245 Å². The van der Waals surface area contributed by atoms with Gasteiger partial charge in [-0.1, -0.05) is 39.4 Å². The van der Waals surface area contributed by atoms with Gasteiger partial charge in [0.25, 0.3) is 5.56 Å². The monoisotopic (exact) mass is 618 g/mol. The van der Waals surface area contributed by atoms with Gasteiger partial charge in [0.15, 0.2) is 4.80 Å². The number of esters is 1. The molecule has 206 valence electrons. The normalized spacial score (nSPS) is 15.2. The molecule has 0 amide bonds. The van der Waals surface area contributed by atoms with Crippen LogP contribution in [-0.4, -0.2) is 35.8 Å². The highest BCUT2D eigenvalue weighted by Gasteiger charge is 2.33. The van der Waals surface area contributed by atoms with Crippen molar-refractivity contribution in [2.24, 2.45) is 4.99 Å². The number of hydrogen-bond donors (Lipinski definition) is 0. The van der Waals surface area contributed by atoms with Gasteiger partial charge in [0, 0.05) is 41.3 Å². The lowest BCUT2D eigenvalue weighted by Gasteiger charge is -2.25. The van der Waals surface area contributed by atoms with Crippen LogP contribution in [0, 0.1) is 13.8 Å². The summed E-state index contributed by atoms with van der Waals surface area (Å²) in [5, 5.41) is 0. The third-order valence-corrected chi connectivity index (χ3v) is 8.60. The molecule has 7 nitrogen and oxygen atoms in total. The van der Waals surface area contributed by atoms with Gasteiger partial charge in [-0.25, -0.2) is 9.79 Å². The van der Waals surface area contributed by atoms with Crippen LogP contribution < -0.4 is 19.8 Å². The standard InChI is InChI=1S/C31H31BrN4O3S/c1-7-39-30(38)27-19(3)33-31-36(28(27)21-8-12-24(13-9-21)34(5)6)29(37)26(40-31)17-22-16-18(2)35(20(22)4)25-14-10-23(32)11-15-25/h8-17,28H,7H2,1-6H3/b26-17+/t28-/m0/s1. The van der Waals surface area contributed by atoms with Gasteiger partial charge < -0.3 is 14.2 Å². The number of nitrogens with zero attached hydrogens (tertiary/aromatic N) is 4.